The summed E-state index contributed by atoms with van der Waals surface area (Å²) in [7, 11) is 0. The lowest BCUT2D eigenvalue weighted by Gasteiger charge is -2.11. The summed E-state index contributed by atoms with van der Waals surface area (Å²) in [6, 6.07) is 10.0. The molecule has 0 bridgehead atoms. The first-order chi connectivity index (χ1) is 11.3. The number of thiocarbonyl (C=S) groups is 1. The third-order valence-corrected chi connectivity index (χ3v) is 3.46. The molecule has 2 amide bonds. The first kappa shape index (κ1) is 18.2. The van der Waals surface area contributed by atoms with Crippen molar-refractivity contribution in [2.45, 2.75) is 19.9 Å². The van der Waals surface area contributed by atoms with E-state index in [1.165, 1.54) is 6.07 Å². The van der Waals surface area contributed by atoms with E-state index < -0.39 is 5.91 Å². The van der Waals surface area contributed by atoms with Crippen LogP contribution in [0.1, 0.15) is 34.8 Å². The number of carbonyl (C=O) groups excluding carboxylic acids is 2. The second kappa shape index (κ2) is 8.07. The normalized spacial score (nSPS) is 10.3. The first-order valence-electron chi connectivity index (χ1n) is 7.14. The number of carbonyl (C=O) groups is 2. The average molecular weight is 410 g/mol. The van der Waals surface area contributed by atoms with Crippen molar-refractivity contribution in [3.8, 4) is 0 Å². The fourth-order valence-electron chi connectivity index (χ4n) is 1.85. The Labute approximate surface area is 153 Å². The Bertz CT molecular complexity index is 773. The molecule has 0 aliphatic rings. The largest absolute Gasteiger partial charge is 0.444 e. The van der Waals surface area contributed by atoms with Crippen LogP contribution < -0.4 is 16.0 Å². The summed E-state index contributed by atoms with van der Waals surface area (Å²) < 4.78 is 5.60. The predicted octanol–water partition coefficient (Wildman–Crippen LogP) is 3.31. The standard InChI is InChI=1S/C16H16BrN3O3S/c1-9(2)18-14(21)10-4-3-5-11(8-10)19-16(24)20-15(22)12-6-7-13(17)23-12/h3-9H,1-2H3,(H,18,21)(H2,19,20,22,24). The van der Waals surface area contributed by atoms with Crippen molar-refractivity contribution >= 4 is 50.8 Å². The van der Waals surface area contributed by atoms with Gasteiger partial charge in [0.25, 0.3) is 11.8 Å². The topological polar surface area (TPSA) is 83.4 Å². The number of nitrogens with one attached hydrogen (secondary N) is 3. The van der Waals surface area contributed by atoms with Gasteiger partial charge in [0.2, 0.25) is 0 Å². The smallest absolute Gasteiger partial charge is 0.293 e. The van der Waals surface area contributed by atoms with Gasteiger partial charge in [0.1, 0.15) is 0 Å². The molecule has 126 valence electrons. The molecule has 0 aliphatic heterocycles. The highest BCUT2D eigenvalue weighted by Gasteiger charge is 2.13. The number of rotatable bonds is 4. The van der Waals surface area contributed by atoms with Crippen molar-refractivity contribution in [3.05, 3.63) is 52.4 Å². The molecule has 0 fully saturated rings. The van der Waals surface area contributed by atoms with Gasteiger partial charge >= 0.3 is 0 Å². The van der Waals surface area contributed by atoms with Crippen LogP contribution in [0.5, 0.6) is 0 Å². The molecule has 1 aromatic carbocycles. The third kappa shape index (κ3) is 5.17. The van der Waals surface area contributed by atoms with Crippen LogP contribution in [0.15, 0.2) is 45.5 Å². The monoisotopic (exact) mass is 409 g/mol. The summed E-state index contributed by atoms with van der Waals surface area (Å²) in [5.41, 5.74) is 1.09. The maximum absolute atomic E-state index is 12.0. The van der Waals surface area contributed by atoms with Gasteiger partial charge in [-0.25, -0.2) is 0 Å². The van der Waals surface area contributed by atoms with Crippen LogP contribution in [0.2, 0.25) is 0 Å². The van der Waals surface area contributed by atoms with Gasteiger partial charge in [0.15, 0.2) is 15.5 Å². The van der Waals surface area contributed by atoms with Gasteiger partial charge < -0.3 is 15.1 Å². The Morgan fingerprint density at radius 3 is 2.54 bits per heavy atom. The average Bonchev–Trinajstić information content (AvgIpc) is 2.93. The van der Waals surface area contributed by atoms with E-state index in [1.54, 1.807) is 30.3 Å². The van der Waals surface area contributed by atoms with Crippen LogP contribution in [0.3, 0.4) is 0 Å². The van der Waals surface area contributed by atoms with Crippen LogP contribution in [-0.2, 0) is 0 Å². The maximum atomic E-state index is 12.0. The van der Waals surface area contributed by atoms with Crippen LogP contribution in [0, 0.1) is 0 Å². The van der Waals surface area contributed by atoms with Crippen LogP contribution >= 0.6 is 28.1 Å². The van der Waals surface area contributed by atoms with Crippen molar-refractivity contribution in [1.29, 1.82) is 0 Å². The molecule has 0 saturated carbocycles. The van der Waals surface area contributed by atoms with E-state index in [4.69, 9.17) is 16.6 Å². The second-order valence-corrected chi connectivity index (χ2v) is 6.41. The number of hydrogen-bond donors (Lipinski definition) is 3. The highest BCUT2D eigenvalue weighted by Crippen LogP contribution is 2.14. The molecule has 1 aromatic heterocycles. The molecule has 0 saturated heterocycles. The fraction of sp³-hybridized carbons (Fsp3) is 0.188. The SMILES string of the molecule is CC(C)NC(=O)c1cccc(NC(=S)NC(=O)c2ccc(Br)o2)c1. The van der Waals surface area contributed by atoms with Crippen LogP contribution in [0.25, 0.3) is 0 Å². The lowest BCUT2D eigenvalue weighted by molar-refractivity contribution is 0.0937. The minimum Gasteiger partial charge on any atom is -0.444 e. The molecule has 6 nitrogen and oxygen atoms in total. The minimum atomic E-state index is -0.466. The van der Waals surface area contributed by atoms with Gasteiger partial charge in [-0.2, -0.15) is 0 Å². The molecule has 24 heavy (non-hydrogen) atoms. The van der Waals surface area contributed by atoms with Crippen molar-refractivity contribution in [3.63, 3.8) is 0 Å². The van der Waals surface area contributed by atoms with Crippen molar-refractivity contribution in [2.24, 2.45) is 0 Å². The van der Waals surface area contributed by atoms with E-state index in [1.807, 2.05) is 13.8 Å². The van der Waals surface area contributed by atoms with E-state index in [2.05, 4.69) is 31.9 Å². The Balaban J connectivity index is 1.99. The summed E-state index contributed by atoms with van der Waals surface area (Å²) >= 11 is 8.23. The molecule has 0 unspecified atom stereocenters. The Kier molecular flexibility index (Phi) is 6.10. The van der Waals surface area contributed by atoms with Gasteiger partial charge in [-0.05, 0) is 72.3 Å². The number of furan rings is 1. The molecule has 0 aliphatic carbocycles. The third-order valence-electron chi connectivity index (χ3n) is 2.83. The molecule has 2 aromatic rings. The van der Waals surface area contributed by atoms with Gasteiger partial charge in [0, 0.05) is 17.3 Å². The molecule has 1 heterocycles. The lowest BCUT2D eigenvalue weighted by atomic mass is 10.2. The molecular formula is C16H16BrN3O3S. The second-order valence-electron chi connectivity index (χ2n) is 5.22. The Morgan fingerprint density at radius 1 is 1.17 bits per heavy atom. The van der Waals surface area contributed by atoms with Crippen LogP contribution in [-0.4, -0.2) is 23.0 Å². The summed E-state index contributed by atoms with van der Waals surface area (Å²) in [5, 5.41) is 8.28. The first-order valence-corrected chi connectivity index (χ1v) is 8.34. The van der Waals surface area contributed by atoms with Crippen LogP contribution in [0.4, 0.5) is 5.69 Å². The zero-order valence-corrected chi connectivity index (χ0v) is 15.5. The van der Waals surface area contributed by atoms with Gasteiger partial charge in [-0.15, -0.1) is 0 Å². The number of benzene rings is 1. The minimum absolute atomic E-state index is 0.0436. The fourth-order valence-corrected chi connectivity index (χ4v) is 2.36. The summed E-state index contributed by atoms with van der Waals surface area (Å²) in [5.74, 6) is -0.507. The summed E-state index contributed by atoms with van der Waals surface area (Å²) in [4.78, 5) is 23.9. The van der Waals surface area contributed by atoms with Gasteiger partial charge in [0.05, 0.1) is 0 Å². The molecule has 0 radical (unpaired) electrons. The molecule has 3 N–H and O–H groups in total. The van der Waals surface area contributed by atoms with Crippen molar-refractivity contribution in [2.75, 3.05) is 5.32 Å². The molecule has 0 atom stereocenters. The lowest BCUT2D eigenvalue weighted by Crippen LogP contribution is -2.34. The highest BCUT2D eigenvalue weighted by atomic mass is 79.9. The Morgan fingerprint density at radius 2 is 1.92 bits per heavy atom. The zero-order valence-electron chi connectivity index (χ0n) is 13.1. The summed E-state index contributed by atoms with van der Waals surface area (Å²) in [6.45, 7) is 3.77. The zero-order chi connectivity index (χ0) is 17.7. The number of hydrogen-bond acceptors (Lipinski definition) is 4. The van der Waals surface area contributed by atoms with Gasteiger partial charge in [-0.3, -0.25) is 14.9 Å². The van der Waals surface area contributed by atoms with Crippen molar-refractivity contribution in [1.82, 2.24) is 10.6 Å². The number of halogens is 1. The van der Waals surface area contributed by atoms with Gasteiger partial charge in [-0.1, -0.05) is 6.07 Å². The van der Waals surface area contributed by atoms with E-state index in [0.29, 0.717) is 15.9 Å². The summed E-state index contributed by atoms with van der Waals surface area (Å²) in [6.07, 6.45) is 0. The molecular weight excluding hydrogens is 394 g/mol. The van der Waals surface area contributed by atoms with E-state index >= 15 is 0 Å². The number of amides is 2. The Hall–Kier alpha value is -2.19. The van der Waals surface area contributed by atoms with Crippen molar-refractivity contribution < 1.29 is 14.0 Å². The number of anilines is 1. The molecule has 0 spiro atoms. The van der Waals surface area contributed by atoms with E-state index in [0.717, 1.165) is 0 Å². The predicted molar refractivity (Wildman–Crippen MR) is 99.1 cm³/mol. The maximum Gasteiger partial charge on any atom is 0.293 e. The highest BCUT2D eigenvalue weighted by molar-refractivity contribution is 9.10. The molecule has 8 heteroatoms. The molecule has 2 rings (SSSR count). The quantitative estimate of drug-likeness (QED) is 0.674. The van der Waals surface area contributed by atoms with E-state index in [9.17, 15) is 9.59 Å². The van der Waals surface area contributed by atoms with E-state index in [-0.39, 0.29) is 22.8 Å².